The van der Waals surface area contributed by atoms with E-state index in [2.05, 4.69) is 25.1 Å². The van der Waals surface area contributed by atoms with Gasteiger partial charge in [-0.2, -0.15) is 0 Å². The highest BCUT2D eigenvalue weighted by atomic mass is 32.2. The summed E-state index contributed by atoms with van der Waals surface area (Å²) in [4.78, 5) is 14.3. The van der Waals surface area contributed by atoms with E-state index in [1.165, 1.54) is 20.9 Å². The van der Waals surface area contributed by atoms with Crippen LogP contribution in [0.2, 0.25) is 0 Å². The van der Waals surface area contributed by atoms with Crippen molar-refractivity contribution in [3.63, 3.8) is 0 Å². The number of carbonyl (C=O) groups is 1. The monoisotopic (exact) mass is 254 g/mol. The molecule has 2 aromatic carbocycles. The second-order valence-electron chi connectivity index (χ2n) is 4.63. The van der Waals surface area contributed by atoms with Crippen molar-refractivity contribution in [2.24, 2.45) is 0 Å². The van der Waals surface area contributed by atoms with Gasteiger partial charge in [0, 0.05) is 21.8 Å². The van der Waals surface area contributed by atoms with Crippen molar-refractivity contribution in [1.82, 2.24) is 0 Å². The number of fused-ring (bicyclic) bond motifs is 1. The molecule has 0 radical (unpaired) electrons. The van der Waals surface area contributed by atoms with E-state index in [-0.39, 0.29) is 0 Å². The molecule has 1 nitrogen and oxygen atoms in total. The number of rotatable bonds is 2. The minimum absolute atomic E-state index is 0.295. The Morgan fingerprint density at radius 2 is 1.83 bits per heavy atom. The molecule has 0 heterocycles. The van der Waals surface area contributed by atoms with Gasteiger partial charge >= 0.3 is 0 Å². The van der Waals surface area contributed by atoms with Crippen LogP contribution in [0.15, 0.2) is 52.3 Å². The third-order valence-corrected chi connectivity index (χ3v) is 4.32. The summed E-state index contributed by atoms with van der Waals surface area (Å²) in [5, 5.41) is 0. The maximum absolute atomic E-state index is 11.8. The molecule has 0 fully saturated rings. The Morgan fingerprint density at radius 1 is 1.06 bits per heavy atom. The van der Waals surface area contributed by atoms with E-state index in [1.54, 1.807) is 11.8 Å². The number of benzene rings is 2. The first-order valence-electron chi connectivity index (χ1n) is 6.13. The molecule has 0 atom stereocenters. The zero-order valence-electron chi connectivity index (χ0n) is 10.3. The van der Waals surface area contributed by atoms with Crippen molar-refractivity contribution in [3.05, 3.63) is 59.2 Å². The third-order valence-electron chi connectivity index (χ3n) is 3.23. The molecule has 90 valence electrons. The summed E-state index contributed by atoms with van der Waals surface area (Å²) in [5.41, 5.74) is 3.34. The van der Waals surface area contributed by atoms with Crippen LogP contribution in [0.5, 0.6) is 0 Å². The lowest BCUT2D eigenvalue weighted by Gasteiger charge is -2.09. The van der Waals surface area contributed by atoms with Gasteiger partial charge in [0.15, 0.2) is 5.78 Å². The molecule has 0 aliphatic heterocycles. The van der Waals surface area contributed by atoms with Crippen LogP contribution in [-0.2, 0) is 6.42 Å². The number of hydrogen-bond acceptors (Lipinski definition) is 2. The van der Waals surface area contributed by atoms with Crippen LogP contribution >= 0.6 is 11.8 Å². The Labute approximate surface area is 111 Å². The van der Waals surface area contributed by atoms with Crippen LogP contribution in [0.25, 0.3) is 0 Å². The lowest BCUT2D eigenvalue weighted by atomic mass is 10.1. The van der Waals surface area contributed by atoms with Gasteiger partial charge in [-0.05, 0) is 48.7 Å². The van der Waals surface area contributed by atoms with Crippen LogP contribution in [0.4, 0.5) is 0 Å². The topological polar surface area (TPSA) is 17.1 Å². The second-order valence-corrected chi connectivity index (χ2v) is 5.74. The predicted molar refractivity (Wildman–Crippen MR) is 74.4 cm³/mol. The van der Waals surface area contributed by atoms with Gasteiger partial charge in [0.1, 0.15) is 0 Å². The van der Waals surface area contributed by atoms with Crippen molar-refractivity contribution >= 4 is 17.5 Å². The molecule has 18 heavy (non-hydrogen) atoms. The molecular formula is C16H14OS. The van der Waals surface area contributed by atoms with E-state index in [1.807, 2.05) is 24.3 Å². The smallest absolute Gasteiger partial charge is 0.163 e. The van der Waals surface area contributed by atoms with E-state index in [0.29, 0.717) is 12.2 Å². The van der Waals surface area contributed by atoms with Gasteiger partial charge in [0.05, 0.1) is 0 Å². The van der Waals surface area contributed by atoms with Crippen molar-refractivity contribution in [3.8, 4) is 0 Å². The predicted octanol–water partition coefficient (Wildman–Crippen LogP) is 4.28. The van der Waals surface area contributed by atoms with Gasteiger partial charge in [-0.25, -0.2) is 0 Å². The maximum Gasteiger partial charge on any atom is 0.163 e. The summed E-state index contributed by atoms with van der Waals surface area (Å²) in [7, 11) is 0. The Hall–Kier alpha value is -1.54. The third kappa shape index (κ3) is 2.08. The van der Waals surface area contributed by atoms with Gasteiger partial charge in [-0.1, -0.05) is 30.0 Å². The molecule has 3 rings (SSSR count). The normalized spacial score (nSPS) is 13.7. The maximum atomic E-state index is 11.8. The Bertz CT molecular complexity index is 602. The molecule has 0 N–H and O–H groups in total. The van der Waals surface area contributed by atoms with Gasteiger partial charge in [0.25, 0.3) is 0 Å². The fourth-order valence-electron chi connectivity index (χ4n) is 2.37. The molecule has 0 saturated heterocycles. The van der Waals surface area contributed by atoms with Crippen LogP contribution in [0.1, 0.15) is 27.9 Å². The molecule has 2 heteroatoms. The SMILES string of the molecule is Cc1cc(Sc2ccccc2)c2c(c1)C(=O)CC2. The molecule has 0 saturated carbocycles. The van der Waals surface area contributed by atoms with Gasteiger partial charge in [0.2, 0.25) is 0 Å². The van der Waals surface area contributed by atoms with Crippen LogP contribution in [-0.4, -0.2) is 5.78 Å². The minimum Gasteiger partial charge on any atom is -0.294 e. The molecule has 0 aromatic heterocycles. The highest BCUT2D eigenvalue weighted by Crippen LogP contribution is 2.36. The molecule has 2 aromatic rings. The second kappa shape index (κ2) is 4.62. The average Bonchev–Trinajstić information content (AvgIpc) is 2.73. The van der Waals surface area contributed by atoms with Gasteiger partial charge < -0.3 is 0 Å². The number of carbonyl (C=O) groups excluding carboxylic acids is 1. The largest absolute Gasteiger partial charge is 0.294 e. The van der Waals surface area contributed by atoms with E-state index in [4.69, 9.17) is 0 Å². The standard InChI is InChI=1S/C16H14OS/c1-11-9-14-13(7-8-15(14)17)16(10-11)18-12-5-3-2-4-6-12/h2-6,9-10H,7-8H2,1H3. The van der Waals surface area contributed by atoms with E-state index in [0.717, 1.165) is 12.0 Å². The van der Waals surface area contributed by atoms with E-state index < -0.39 is 0 Å². The Kier molecular flexibility index (Phi) is 2.96. The number of aryl methyl sites for hydroxylation is 1. The molecule has 0 amide bonds. The number of ketones is 1. The van der Waals surface area contributed by atoms with Crippen molar-refractivity contribution in [2.75, 3.05) is 0 Å². The molecule has 1 aliphatic rings. The van der Waals surface area contributed by atoms with Crippen molar-refractivity contribution < 1.29 is 4.79 Å². The highest BCUT2D eigenvalue weighted by Gasteiger charge is 2.22. The number of hydrogen-bond donors (Lipinski definition) is 0. The summed E-state index contributed by atoms with van der Waals surface area (Å²) in [6.07, 6.45) is 1.56. The molecule has 1 aliphatic carbocycles. The average molecular weight is 254 g/mol. The van der Waals surface area contributed by atoms with Crippen LogP contribution in [0.3, 0.4) is 0 Å². The fourth-order valence-corrected chi connectivity index (χ4v) is 3.50. The summed E-state index contributed by atoms with van der Waals surface area (Å²) in [6, 6.07) is 14.5. The summed E-state index contributed by atoms with van der Waals surface area (Å²) < 4.78 is 0. The van der Waals surface area contributed by atoms with Crippen molar-refractivity contribution in [2.45, 2.75) is 29.6 Å². The first kappa shape index (κ1) is 11.5. The lowest BCUT2D eigenvalue weighted by molar-refractivity contribution is 0.0994. The fraction of sp³-hybridized carbons (Fsp3) is 0.188. The minimum atomic E-state index is 0.295. The Balaban J connectivity index is 2.03. The first-order valence-corrected chi connectivity index (χ1v) is 6.95. The quantitative estimate of drug-likeness (QED) is 0.796. The Morgan fingerprint density at radius 3 is 2.61 bits per heavy atom. The molecule has 0 unspecified atom stereocenters. The number of Topliss-reactive ketones (excluding diaryl/α,β-unsaturated/α-hetero) is 1. The molecule has 0 spiro atoms. The van der Waals surface area contributed by atoms with E-state index in [9.17, 15) is 4.79 Å². The van der Waals surface area contributed by atoms with Crippen LogP contribution < -0.4 is 0 Å². The van der Waals surface area contributed by atoms with Gasteiger partial charge in [-0.15, -0.1) is 0 Å². The van der Waals surface area contributed by atoms with Crippen molar-refractivity contribution in [1.29, 1.82) is 0 Å². The zero-order valence-corrected chi connectivity index (χ0v) is 11.1. The zero-order chi connectivity index (χ0) is 12.5. The molecule has 0 bridgehead atoms. The first-order chi connectivity index (χ1) is 8.74. The van der Waals surface area contributed by atoms with E-state index >= 15 is 0 Å². The summed E-state index contributed by atoms with van der Waals surface area (Å²) in [5.74, 6) is 0.295. The van der Waals surface area contributed by atoms with Gasteiger partial charge in [-0.3, -0.25) is 4.79 Å². The highest BCUT2D eigenvalue weighted by molar-refractivity contribution is 7.99. The summed E-state index contributed by atoms with van der Waals surface area (Å²) in [6.45, 7) is 2.06. The molecular weight excluding hydrogens is 240 g/mol. The summed E-state index contributed by atoms with van der Waals surface area (Å²) >= 11 is 1.76. The van der Waals surface area contributed by atoms with Crippen LogP contribution in [0, 0.1) is 6.92 Å². The lowest BCUT2D eigenvalue weighted by Crippen LogP contribution is -1.93.